The zero-order valence-electron chi connectivity index (χ0n) is 12.0. The number of benzene rings is 2. The minimum Gasteiger partial charge on any atom is -0.437 e. The van der Waals surface area contributed by atoms with Gasteiger partial charge in [-0.15, -0.1) is 0 Å². The van der Waals surface area contributed by atoms with Gasteiger partial charge >= 0.3 is 0 Å². The molecule has 0 aliphatic carbocycles. The Labute approximate surface area is 128 Å². The summed E-state index contributed by atoms with van der Waals surface area (Å²) in [7, 11) is 0. The third-order valence-corrected chi connectivity index (χ3v) is 3.24. The number of fused-ring (bicyclic) bond motifs is 1. The number of aromatic nitrogens is 1. The summed E-state index contributed by atoms with van der Waals surface area (Å²) >= 11 is 0. The molecule has 2 aromatic carbocycles. The van der Waals surface area contributed by atoms with E-state index in [0.717, 1.165) is 11.9 Å². The summed E-state index contributed by atoms with van der Waals surface area (Å²) in [4.78, 5) is 16.0. The molecule has 0 saturated heterocycles. The van der Waals surface area contributed by atoms with Gasteiger partial charge in [0.1, 0.15) is 5.52 Å². The van der Waals surface area contributed by atoms with E-state index in [1.165, 1.54) is 11.6 Å². The highest BCUT2D eigenvalue weighted by Crippen LogP contribution is 2.15. The van der Waals surface area contributed by atoms with Crippen molar-refractivity contribution in [2.24, 2.45) is 0 Å². The van der Waals surface area contributed by atoms with E-state index < -0.39 is 0 Å². The lowest BCUT2D eigenvalue weighted by atomic mass is 10.1. The highest BCUT2D eigenvalue weighted by molar-refractivity contribution is 5.91. The van der Waals surface area contributed by atoms with Gasteiger partial charge in [0.25, 0.3) is 0 Å². The monoisotopic (exact) mass is 292 g/mol. The molecule has 1 N–H and O–H groups in total. The summed E-state index contributed by atoms with van der Waals surface area (Å²) in [6.45, 7) is 0.598. The first-order valence-electron chi connectivity index (χ1n) is 7.17. The predicted molar refractivity (Wildman–Crippen MR) is 86.2 cm³/mol. The summed E-state index contributed by atoms with van der Waals surface area (Å²) in [5.41, 5.74) is 2.70. The number of oxazole rings is 1. The normalized spacial score (nSPS) is 11.1. The van der Waals surface area contributed by atoms with Gasteiger partial charge in [0.2, 0.25) is 11.8 Å². The second kappa shape index (κ2) is 6.72. The van der Waals surface area contributed by atoms with Crippen LogP contribution in [0, 0.1) is 0 Å². The maximum absolute atomic E-state index is 11.8. The molecular formula is C18H16N2O2. The largest absolute Gasteiger partial charge is 0.437 e. The van der Waals surface area contributed by atoms with Crippen LogP contribution in [-0.4, -0.2) is 17.4 Å². The molecule has 0 spiro atoms. The van der Waals surface area contributed by atoms with E-state index in [9.17, 15) is 4.79 Å². The third-order valence-electron chi connectivity index (χ3n) is 3.24. The van der Waals surface area contributed by atoms with Crippen molar-refractivity contribution in [3.05, 3.63) is 72.1 Å². The van der Waals surface area contributed by atoms with Crippen LogP contribution in [0.25, 0.3) is 17.2 Å². The molecule has 0 saturated carbocycles. The van der Waals surface area contributed by atoms with Gasteiger partial charge in [0.15, 0.2) is 5.58 Å². The molecule has 0 unspecified atom stereocenters. The van der Waals surface area contributed by atoms with Crippen molar-refractivity contribution in [3.63, 3.8) is 0 Å². The van der Waals surface area contributed by atoms with Gasteiger partial charge in [0, 0.05) is 18.7 Å². The Morgan fingerprint density at radius 2 is 1.86 bits per heavy atom. The molecule has 1 aromatic heterocycles. The number of hydrogen-bond donors (Lipinski definition) is 1. The van der Waals surface area contributed by atoms with Crippen molar-refractivity contribution in [1.82, 2.24) is 10.3 Å². The Kier molecular flexibility index (Phi) is 4.30. The fourth-order valence-corrected chi connectivity index (χ4v) is 2.14. The van der Waals surface area contributed by atoms with Gasteiger partial charge in [0.05, 0.1) is 0 Å². The molecule has 0 fully saturated rings. The third kappa shape index (κ3) is 3.61. The second-order valence-corrected chi connectivity index (χ2v) is 4.88. The second-order valence-electron chi connectivity index (χ2n) is 4.88. The van der Waals surface area contributed by atoms with E-state index in [0.29, 0.717) is 18.0 Å². The van der Waals surface area contributed by atoms with Gasteiger partial charge in [-0.1, -0.05) is 42.5 Å². The first-order valence-corrected chi connectivity index (χ1v) is 7.17. The van der Waals surface area contributed by atoms with Crippen molar-refractivity contribution in [3.8, 4) is 0 Å². The van der Waals surface area contributed by atoms with E-state index in [2.05, 4.69) is 10.3 Å². The van der Waals surface area contributed by atoms with Crippen LogP contribution < -0.4 is 5.32 Å². The molecule has 3 rings (SSSR count). The molecule has 3 aromatic rings. The quantitative estimate of drug-likeness (QED) is 0.735. The SMILES string of the molecule is O=C(/C=C/c1nc2ccccc2o1)NCCc1ccccc1. The van der Waals surface area contributed by atoms with Crippen LogP contribution in [0.5, 0.6) is 0 Å². The number of carbonyl (C=O) groups excluding carboxylic acids is 1. The summed E-state index contributed by atoms with van der Waals surface area (Å²) in [6.07, 6.45) is 3.83. The lowest BCUT2D eigenvalue weighted by Gasteiger charge is -2.01. The highest BCUT2D eigenvalue weighted by Gasteiger charge is 2.02. The first-order chi connectivity index (χ1) is 10.8. The average Bonchev–Trinajstić information content (AvgIpc) is 2.97. The zero-order chi connectivity index (χ0) is 15.2. The molecule has 4 nitrogen and oxygen atoms in total. The number of rotatable bonds is 5. The van der Waals surface area contributed by atoms with Gasteiger partial charge in [-0.25, -0.2) is 4.98 Å². The van der Waals surface area contributed by atoms with E-state index in [1.807, 2.05) is 54.6 Å². The van der Waals surface area contributed by atoms with Crippen molar-refractivity contribution >= 4 is 23.1 Å². The van der Waals surface area contributed by atoms with Crippen LogP contribution in [-0.2, 0) is 11.2 Å². The van der Waals surface area contributed by atoms with Crippen LogP contribution in [0.2, 0.25) is 0 Å². The molecule has 0 bridgehead atoms. The Balaban J connectivity index is 1.52. The molecule has 0 atom stereocenters. The molecule has 1 amide bonds. The van der Waals surface area contributed by atoms with E-state index in [-0.39, 0.29) is 5.91 Å². The molecule has 1 heterocycles. The fourth-order valence-electron chi connectivity index (χ4n) is 2.14. The minimum atomic E-state index is -0.154. The van der Waals surface area contributed by atoms with Crippen molar-refractivity contribution in [2.45, 2.75) is 6.42 Å². The van der Waals surface area contributed by atoms with Crippen LogP contribution in [0.3, 0.4) is 0 Å². The summed E-state index contributed by atoms with van der Waals surface area (Å²) < 4.78 is 5.51. The first kappa shape index (κ1) is 14.1. The summed E-state index contributed by atoms with van der Waals surface area (Å²) in [6, 6.07) is 17.5. The summed E-state index contributed by atoms with van der Waals surface area (Å²) in [5.74, 6) is 0.276. The van der Waals surface area contributed by atoms with Gasteiger partial charge in [-0.05, 0) is 24.1 Å². The van der Waals surface area contributed by atoms with Crippen LogP contribution in [0.1, 0.15) is 11.5 Å². The smallest absolute Gasteiger partial charge is 0.244 e. The Bertz CT molecular complexity index is 758. The average molecular weight is 292 g/mol. The standard InChI is InChI=1S/C18H16N2O2/c21-17(19-13-12-14-6-2-1-3-7-14)10-11-18-20-15-8-4-5-9-16(15)22-18/h1-11H,12-13H2,(H,19,21)/b11-10+. The molecule has 22 heavy (non-hydrogen) atoms. The topological polar surface area (TPSA) is 55.1 Å². The maximum atomic E-state index is 11.8. The van der Waals surface area contributed by atoms with E-state index >= 15 is 0 Å². The Hall–Kier alpha value is -2.88. The highest BCUT2D eigenvalue weighted by atomic mass is 16.3. The maximum Gasteiger partial charge on any atom is 0.244 e. The lowest BCUT2D eigenvalue weighted by molar-refractivity contribution is -0.116. The number of carbonyl (C=O) groups is 1. The number of nitrogens with zero attached hydrogens (tertiary/aromatic N) is 1. The fraction of sp³-hybridized carbons (Fsp3) is 0.111. The number of amides is 1. The lowest BCUT2D eigenvalue weighted by Crippen LogP contribution is -2.23. The van der Waals surface area contributed by atoms with Gasteiger partial charge in [-0.3, -0.25) is 4.79 Å². The Morgan fingerprint density at radius 1 is 1.09 bits per heavy atom. The molecule has 110 valence electrons. The number of hydrogen-bond acceptors (Lipinski definition) is 3. The van der Waals surface area contributed by atoms with Gasteiger partial charge in [-0.2, -0.15) is 0 Å². The summed E-state index contributed by atoms with van der Waals surface area (Å²) in [5, 5.41) is 2.84. The molecule has 0 aliphatic rings. The van der Waals surface area contributed by atoms with E-state index in [1.54, 1.807) is 6.08 Å². The molecule has 4 heteroatoms. The van der Waals surface area contributed by atoms with Crippen LogP contribution in [0.15, 0.2) is 65.1 Å². The predicted octanol–water partition coefficient (Wildman–Crippen LogP) is 3.20. The Morgan fingerprint density at radius 3 is 2.68 bits per heavy atom. The minimum absolute atomic E-state index is 0.154. The van der Waals surface area contributed by atoms with Gasteiger partial charge < -0.3 is 9.73 Å². The van der Waals surface area contributed by atoms with Crippen molar-refractivity contribution in [1.29, 1.82) is 0 Å². The molecular weight excluding hydrogens is 276 g/mol. The van der Waals surface area contributed by atoms with Crippen molar-refractivity contribution < 1.29 is 9.21 Å². The number of nitrogens with one attached hydrogen (secondary N) is 1. The molecule has 0 aliphatic heterocycles. The van der Waals surface area contributed by atoms with Crippen LogP contribution >= 0.6 is 0 Å². The number of para-hydroxylation sites is 2. The van der Waals surface area contributed by atoms with E-state index in [4.69, 9.17) is 4.42 Å². The van der Waals surface area contributed by atoms with Crippen molar-refractivity contribution in [2.75, 3.05) is 6.54 Å². The van der Waals surface area contributed by atoms with Crippen LogP contribution in [0.4, 0.5) is 0 Å². The zero-order valence-corrected chi connectivity index (χ0v) is 12.0. The molecule has 0 radical (unpaired) electrons.